The Balaban J connectivity index is 0.00000387. The van der Waals surface area contributed by atoms with Crippen LogP contribution in [0.3, 0.4) is 0 Å². The molecule has 3 aromatic rings. The zero-order valence-electron chi connectivity index (χ0n) is 23.2. The van der Waals surface area contributed by atoms with Crippen LogP contribution in [0, 0.1) is 0 Å². The molecule has 2 aliphatic rings. The zero-order chi connectivity index (χ0) is 28.4. The molecule has 2 aliphatic heterocycles. The molecule has 0 bridgehead atoms. The van der Waals surface area contributed by atoms with E-state index in [1.165, 1.54) is 11.8 Å². The van der Waals surface area contributed by atoms with E-state index < -0.39 is 33.3 Å². The first kappa shape index (κ1) is 31.5. The summed E-state index contributed by atoms with van der Waals surface area (Å²) in [5.41, 5.74) is 8.42. The number of carbonyl (C=O) groups excluding carboxylic acids is 2. The first-order valence-corrected chi connectivity index (χ1v) is 16.0. The molecule has 2 unspecified atom stereocenters. The van der Waals surface area contributed by atoms with E-state index in [4.69, 9.17) is 5.73 Å². The van der Waals surface area contributed by atoms with E-state index in [9.17, 15) is 23.1 Å². The molecule has 11 heteroatoms. The standard InChI is InChI=1S/C30H33N3O5S2.Li/c1-39-25(18-24(31)30(35)36)28(34)22-12-13-23-27(20-10-6-3-7-11-20)33(21-14-16-32-17-15-21)40(37,38)29(23)26(22)19-8-4-2-5-9-19;/h2-13,21,24-25,27,32H,14-18,31H2,1H3,(H,35,36);/q;+1/p-1/t24-,25?,27?;/m0./s1. The minimum absolute atomic E-state index is 0. The predicted octanol–water partition coefficient (Wildman–Crippen LogP) is -0.415. The molecular formula is C30H32LiN3O5S2. The molecule has 1 fully saturated rings. The maximum Gasteiger partial charge on any atom is 1.00 e. The topological polar surface area (TPSA) is 133 Å². The number of Topliss-reactive ketones (excluding diaryl/α,β-unsaturated/α-hetero) is 1. The molecule has 0 aliphatic carbocycles. The van der Waals surface area contributed by atoms with Crippen LogP contribution in [0.4, 0.5) is 0 Å². The molecule has 3 aromatic carbocycles. The third-order valence-electron chi connectivity index (χ3n) is 7.73. The number of hydrogen-bond acceptors (Lipinski definition) is 8. The van der Waals surface area contributed by atoms with E-state index in [1.807, 2.05) is 48.5 Å². The molecule has 210 valence electrons. The molecule has 41 heavy (non-hydrogen) atoms. The molecule has 0 saturated carbocycles. The van der Waals surface area contributed by atoms with Crippen molar-refractivity contribution >= 4 is 33.5 Å². The summed E-state index contributed by atoms with van der Waals surface area (Å²) in [4.78, 5) is 25.5. The van der Waals surface area contributed by atoms with Crippen molar-refractivity contribution in [2.45, 2.75) is 47.5 Å². The Morgan fingerprint density at radius 1 is 1.02 bits per heavy atom. The average Bonchev–Trinajstić information content (AvgIpc) is 3.22. The predicted molar refractivity (Wildman–Crippen MR) is 154 cm³/mol. The Bertz CT molecular complexity index is 1500. The molecule has 2 heterocycles. The number of hydrogen-bond donors (Lipinski definition) is 2. The van der Waals surface area contributed by atoms with Gasteiger partial charge in [-0.05, 0) is 55.3 Å². The number of nitrogens with one attached hydrogen (secondary N) is 1. The fraction of sp³-hybridized carbons (Fsp3) is 0.333. The molecule has 3 N–H and O–H groups in total. The summed E-state index contributed by atoms with van der Waals surface area (Å²) in [6, 6.07) is 20.0. The number of sulfonamides is 1. The molecule has 8 nitrogen and oxygen atoms in total. The summed E-state index contributed by atoms with van der Waals surface area (Å²) < 4.78 is 30.9. The van der Waals surface area contributed by atoms with Crippen molar-refractivity contribution in [3.05, 3.63) is 89.5 Å². The van der Waals surface area contributed by atoms with Crippen molar-refractivity contribution in [3.8, 4) is 11.1 Å². The summed E-state index contributed by atoms with van der Waals surface area (Å²) in [7, 11) is -4.03. The molecule has 5 rings (SSSR count). The van der Waals surface area contributed by atoms with Gasteiger partial charge in [-0.3, -0.25) is 4.79 Å². The second-order valence-corrected chi connectivity index (χ2v) is 13.0. The zero-order valence-corrected chi connectivity index (χ0v) is 24.8. The largest absolute Gasteiger partial charge is 1.00 e. The number of benzene rings is 3. The fourth-order valence-electron chi connectivity index (χ4n) is 5.81. The van der Waals surface area contributed by atoms with Gasteiger partial charge in [0.1, 0.15) is 0 Å². The third kappa shape index (κ3) is 6.06. The van der Waals surface area contributed by atoms with Gasteiger partial charge in [0.2, 0.25) is 10.0 Å². The van der Waals surface area contributed by atoms with Crippen LogP contribution in [-0.2, 0) is 14.8 Å². The van der Waals surface area contributed by atoms with E-state index >= 15 is 0 Å². The van der Waals surface area contributed by atoms with E-state index in [2.05, 4.69) is 5.32 Å². The number of ketones is 1. The summed E-state index contributed by atoms with van der Waals surface area (Å²) in [6.45, 7) is 1.44. The number of carboxylic acid groups (broad SMARTS) is 1. The van der Waals surface area contributed by atoms with E-state index in [0.29, 0.717) is 29.5 Å². The number of thioether (sulfide) groups is 1. The Hall–Kier alpha value is -2.42. The smallest absolute Gasteiger partial charge is 0.548 e. The third-order valence-corrected chi connectivity index (χ3v) is 10.7. The SMILES string of the molecule is CSC(C[C@H](N)C(=O)[O-])C(=O)c1ccc2c(c1-c1ccccc1)S(=O)(=O)N(C1CCNCC1)C2c1ccccc1.[Li+]. The van der Waals surface area contributed by atoms with Crippen LogP contribution in [0.2, 0.25) is 0 Å². The normalized spacial score (nSPS) is 20.0. The second-order valence-electron chi connectivity index (χ2n) is 10.2. The molecule has 1 saturated heterocycles. The van der Waals surface area contributed by atoms with Gasteiger partial charge in [-0.2, -0.15) is 16.1 Å². The number of rotatable bonds is 9. The summed E-state index contributed by atoms with van der Waals surface area (Å²) >= 11 is 1.19. The molecule has 0 radical (unpaired) electrons. The maximum absolute atomic E-state index is 14.6. The van der Waals surface area contributed by atoms with Gasteiger partial charge in [-0.15, -0.1) is 0 Å². The molecule has 3 atom stereocenters. The Kier molecular flexibility index (Phi) is 10.2. The summed E-state index contributed by atoms with van der Waals surface area (Å²) in [6.07, 6.45) is 2.94. The number of fused-ring (bicyclic) bond motifs is 1. The van der Waals surface area contributed by atoms with Crippen LogP contribution in [-0.4, -0.2) is 61.2 Å². The van der Waals surface area contributed by atoms with Gasteiger partial charge in [0.15, 0.2) is 5.78 Å². The van der Waals surface area contributed by atoms with Crippen molar-refractivity contribution in [2.24, 2.45) is 5.73 Å². The first-order valence-electron chi connectivity index (χ1n) is 13.3. The molecule has 0 amide bonds. The first-order chi connectivity index (χ1) is 19.3. The number of carbonyl (C=O) groups is 2. The summed E-state index contributed by atoms with van der Waals surface area (Å²) in [5, 5.41) is 13.9. The Labute approximate surface area is 257 Å². The van der Waals surface area contributed by atoms with Gasteiger partial charge >= 0.3 is 18.9 Å². The number of piperidine rings is 1. The molecule has 0 spiro atoms. The number of carboxylic acids is 1. The molecular weight excluding hydrogens is 553 g/mol. The van der Waals surface area contributed by atoms with Crippen molar-refractivity contribution in [1.29, 1.82) is 0 Å². The van der Waals surface area contributed by atoms with E-state index in [0.717, 1.165) is 18.7 Å². The van der Waals surface area contributed by atoms with Gasteiger partial charge < -0.3 is 21.0 Å². The van der Waals surface area contributed by atoms with Crippen LogP contribution in [0.5, 0.6) is 0 Å². The van der Waals surface area contributed by atoms with Gasteiger partial charge in [0, 0.05) is 23.2 Å². The monoisotopic (exact) mass is 585 g/mol. The van der Waals surface area contributed by atoms with Crippen molar-refractivity contribution < 1.29 is 42.0 Å². The van der Waals surface area contributed by atoms with Crippen molar-refractivity contribution in [1.82, 2.24) is 9.62 Å². The fourth-order valence-corrected chi connectivity index (χ4v) is 8.84. The number of aliphatic carboxylic acids is 1. The van der Waals surface area contributed by atoms with Gasteiger partial charge in [0.05, 0.1) is 22.2 Å². The molecule has 0 aromatic heterocycles. The maximum atomic E-state index is 14.6. The van der Waals surface area contributed by atoms with Crippen LogP contribution < -0.4 is 35.0 Å². The van der Waals surface area contributed by atoms with Gasteiger partial charge in [-0.1, -0.05) is 72.8 Å². The number of nitrogens with zero attached hydrogens (tertiary/aromatic N) is 1. The van der Waals surface area contributed by atoms with E-state index in [-0.39, 0.29) is 47.6 Å². The summed E-state index contributed by atoms with van der Waals surface area (Å²) in [5.74, 6) is -1.80. The Morgan fingerprint density at radius 2 is 1.63 bits per heavy atom. The Morgan fingerprint density at radius 3 is 2.22 bits per heavy atom. The van der Waals surface area contributed by atoms with Crippen molar-refractivity contribution in [3.63, 3.8) is 0 Å². The number of nitrogens with two attached hydrogens (primary N) is 1. The minimum atomic E-state index is -4.03. The second kappa shape index (κ2) is 13.3. The van der Waals surface area contributed by atoms with Crippen LogP contribution in [0.25, 0.3) is 11.1 Å². The van der Waals surface area contributed by atoms with Crippen LogP contribution in [0.1, 0.15) is 46.8 Å². The van der Waals surface area contributed by atoms with Gasteiger partial charge in [-0.25, -0.2) is 8.42 Å². The quantitative estimate of drug-likeness (QED) is 0.256. The minimum Gasteiger partial charge on any atom is -0.548 e. The van der Waals surface area contributed by atoms with Crippen LogP contribution in [0.15, 0.2) is 77.7 Å². The van der Waals surface area contributed by atoms with Crippen molar-refractivity contribution in [2.75, 3.05) is 19.3 Å². The van der Waals surface area contributed by atoms with Gasteiger partial charge in [0.25, 0.3) is 0 Å². The average molecular weight is 586 g/mol. The van der Waals surface area contributed by atoms with Crippen LogP contribution >= 0.6 is 11.8 Å². The van der Waals surface area contributed by atoms with E-state index in [1.54, 1.807) is 34.8 Å².